The molecule has 4 aromatic rings. The van der Waals surface area contributed by atoms with Gasteiger partial charge in [-0.15, -0.1) is 10.2 Å². The first-order valence-electron chi connectivity index (χ1n) is 7.55. The molecule has 0 unspecified atom stereocenters. The Kier molecular flexibility index (Phi) is 3.46. The molecule has 0 saturated carbocycles. The monoisotopic (exact) mass is 356 g/mol. The predicted molar refractivity (Wildman–Crippen MR) is 88.5 cm³/mol. The Morgan fingerprint density at radius 2 is 1.92 bits per heavy atom. The van der Waals surface area contributed by atoms with Crippen molar-refractivity contribution in [3.63, 3.8) is 0 Å². The largest absolute Gasteiger partial charge is 0.464 e. The molecule has 0 amide bonds. The molecule has 4 heterocycles. The van der Waals surface area contributed by atoms with Gasteiger partial charge >= 0.3 is 11.9 Å². The van der Waals surface area contributed by atoms with E-state index in [1.54, 1.807) is 20.0 Å². The van der Waals surface area contributed by atoms with Crippen LogP contribution in [-0.2, 0) is 10.7 Å². The number of carbonyl (C=O) groups is 1. The first kappa shape index (κ1) is 16.1. The summed E-state index contributed by atoms with van der Waals surface area (Å²) in [6, 6.07) is 5.85. The highest BCUT2D eigenvalue weighted by molar-refractivity contribution is 6.32. The highest BCUT2D eigenvalue weighted by atomic mass is 19.3. The summed E-state index contributed by atoms with van der Waals surface area (Å²) >= 11 is 0. The van der Waals surface area contributed by atoms with Gasteiger partial charge < -0.3 is 4.74 Å². The Morgan fingerprint density at radius 3 is 2.69 bits per heavy atom. The zero-order valence-electron chi connectivity index (χ0n) is 13.7. The molecule has 0 atom stereocenters. The maximum Gasteiger partial charge on any atom is 0.358 e. The van der Waals surface area contributed by atoms with Crippen molar-refractivity contribution >= 4 is 30.6 Å². The number of methoxy groups -OCH3 is 1. The number of carbonyl (C=O) groups excluding carboxylic acids is 1. The number of rotatable bonds is 3. The molecule has 0 radical (unpaired) electrons. The third-order valence-electron chi connectivity index (χ3n) is 3.87. The number of imidazole rings is 1. The second kappa shape index (κ2) is 5.58. The summed E-state index contributed by atoms with van der Waals surface area (Å²) < 4.78 is 37.0. The van der Waals surface area contributed by atoms with Gasteiger partial charge in [-0.25, -0.2) is 14.3 Å². The van der Waals surface area contributed by atoms with Gasteiger partial charge in [-0.1, -0.05) is 11.5 Å². The first-order valence-corrected chi connectivity index (χ1v) is 7.55. The van der Waals surface area contributed by atoms with Gasteiger partial charge in [0, 0.05) is 6.20 Å². The molecule has 26 heavy (non-hydrogen) atoms. The summed E-state index contributed by atoms with van der Waals surface area (Å²) in [5.41, 5.74) is 0.766. The molecule has 0 fully saturated rings. The molecule has 0 aliphatic rings. The summed E-state index contributed by atoms with van der Waals surface area (Å²) in [4.78, 5) is 15.5. The van der Waals surface area contributed by atoms with Crippen molar-refractivity contribution in [2.45, 2.75) is 5.92 Å². The van der Waals surface area contributed by atoms with Crippen molar-refractivity contribution in [2.24, 2.45) is 0 Å². The fraction of sp³-hybridized carbons (Fsp3) is 0.133. The van der Waals surface area contributed by atoms with Gasteiger partial charge in [-0.3, -0.25) is 4.40 Å². The SMILES string of the molecule is Bc1ccc2nnc(C(F)(F)c3ccc4nc(C(=O)OC)cn4n3)n2c1. The van der Waals surface area contributed by atoms with Crippen molar-refractivity contribution in [3.05, 3.63) is 53.9 Å². The van der Waals surface area contributed by atoms with Crippen LogP contribution in [0.4, 0.5) is 8.78 Å². The average molecular weight is 356 g/mol. The molecule has 130 valence electrons. The van der Waals surface area contributed by atoms with Gasteiger partial charge in [0.25, 0.3) is 0 Å². The molecule has 0 N–H and O–H groups in total. The molecule has 0 spiro atoms. The Hall–Kier alpha value is -3.37. The fourth-order valence-electron chi connectivity index (χ4n) is 2.58. The number of alkyl halides is 2. The van der Waals surface area contributed by atoms with E-state index >= 15 is 8.78 Å². The molecule has 8 nitrogen and oxygen atoms in total. The number of halogens is 2. The van der Waals surface area contributed by atoms with E-state index in [-0.39, 0.29) is 11.3 Å². The number of fused-ring (bicyclic) bond motifs is 2. The molecular formula is C15H11BF2N6O2. The summed E-state index contributed by atoms with van der Waals surface area (Å²) in [6.45, 7) is 0. The summed E-state index contributed by atoms with van der Waals surface area (Å²) in [5, 5.41) is 11.3. The van der Waals surface area contributed by atoms with E-state index in [4.69, 9.17) is 0 Å². The Morgan fingerprint density at radius 1 is 1.15 bits per heavy atom. The van der Waals surface area contributed by atoms with Crippen LogP contribution in [0, 0.1) is 0 Å². The van der Waals surface area contributed by atoms with E-state index in [0.717, 1.165) is 16.0 Å². The summed E-state index contributed by atoms with van der Waals surface area (Å²) in [5.74, 6) is -4.73. The molecule has 0 aromatic carbocycles. The van der Waals surface area contributed by atoms with Gasteiger partial charge in [-0.2, -0.15) is 13.9 Å². The number of esters is 1. The predicted octanol–water partition coefficient (Wildman–Crippen LogP) is -0.0429. The fourth-order valence-corrected chi connectivity index (χ4v) is 2.58. The van der Waals surface area contributed by atoms with Crippen molar-refractivity contribution < 1.29 is 18.3 Å². The minimum absolute atomic E-state index is 0.0241. The van der Waals surface area contributed by atoms with Crippen LogP contribution in [0.5, 0.6) is 0 Å². The lowest BCUT2D eigenvalue weighted by Crippen LogP contribution is -2.22. The van der Waals surface area contributed by atoms with Crippen molar-refractivity contribution in [2.75, 3.05) is 7.11 Å². The van der Waals surface area contributed by atoms with Crippen molar-refractivity contribution in [1.29, 1.82) is 0 Å². The Bertz CT molecular complexity index is 1160. The molecule has 0 aliphatic carbocycles. The molecule has 4 rings (SSSR count). The van der Waals surface area contributed by atoms with Crippen molar-refractivity contribution in [3.8, 4) is 0 Å². The lowest BCUT2D eigenvalue weighted by molar-refractivity contribution is 0.0258. The molecule has 0 saturated heterocycles. The van der Waals surface area contributed by atoms with E-state index in [9.17, 15) is 4.79 Å². The zero-order chi connectivity index (χ0) is 18.5. The van der Waals surface area contributed by atoms with E-state index in [1.807, 2.05) is 0 Å². The van der Waals surface area contributed by atoms with Crippen LogP contribution in [0.1, 0.15) is 22.0 Å². The van der Waals surface area contributed by atoms with Crippen LogP contribution in [-0.4, -0.2) is 50.1 Å². The molecular weight excluding hydrogens is 345 g/mol. The number of hydrogen-bond donors (Lipinski definition) is 0. The van der Waals surface area contributed by atoms with E-state index in [1.165, 1.54) is 30.0 Å². The molecule has 0 aliphatic heterocycles. The van der Waals surface area contributed by atoms with Gasteiger partial charge in [0.15, 0.2) is 17.0 Å². The topological polar surface area (TPSA) is 86.7 Å². The van der Waals surface area contributed by atoms with Crippen molar-refractivity contribution in [1.82, 2.24) is 29.2 Å². The highest BCUT2D eigenvalue weighted by Gasteiger charge is 2.41. The zero-order valence-corrected chi connectivity index (χ0v) is 13.7. The van der Waals surface area contributed by atoms with E-state index in [0.29, 0.717) is 5.65 Å². The maximum absolute atomic E-state index is 15.0. The summed E-state index contributed by atoms with van der Waals surface area (Å²) in [7, 11) is 2.99. The smallest absolute Gasteiger partial charge is 0.358 e. The molecule has 4 aromatic heterocycles. The van der Waals surface area contributed by atoms with Gasteiger partial charge in [0.05, 0.1) is 13.3 Å². The van der Waals surface area contributed by atoms with Crippen LogP contribution >= 0.6 is 0 Å². The molecule has 0 bridgehead atoms. The van der Waals surface area contributed by atoms with Crippen LogP contribution < -0.4 is 5.46 Å². The lowest BCUT2D eigenvalue weighted by Gasteiger charge is -2.14. The maximum atomic E-state index is 15.0. The van der Waals surface area contributed by atoms with E-state index in [2.05, 4.69) is 25.0 Å². The van der Waals surface area contributed by atoms with Crippen LogP contribution in [0.2, 0.25) is 0 Å². The minimum Gasteiger partial charge on any atom is -0.464 e. The van der Waals surface area contributed by atoms with Gasteiger partial charge in [0.1, 0.15) is 13.5 Å². The third kappa shape index (κ3) is 2.39. The Balaban J connectivity index is 1.84. The van der Waals surface area contributed by atoms with E-state index < -0.39 is 23.4 Å². The van der Waals surface area contributed by atoms with Crippen LogP contribution in [0.3, 0.4) is 0 Å². The Labute approximate surface area is 145 Å². The average Bonchev–Trinajstić information content (AvgIpc) is 3.24. The summed E-state index contributed by atoms with van der Waals surface area (Å²) in [6.07, 6.45) is 2.76. The standard InChI is InChI=1S/C15H11BF2N6O2/c1-26-13(25)9-7-24-11(19-9)5-3-10(22-24)15(17,18)14-21-20-12-4-2-8(16)6-23(12)14/h2-7H,16H2,1H3. The quantitative estimate of drug-likeness (QED) is 0.378. The second-order valence-electron chi connectivity index (χ2n) is 5.67. The minimum atomic E-state index is -3.50. The number of nitrogens with zero attached hydrogens (tertiary/aromatic N) is 6. The first-order chi connectivity index (χ1) is 12.4. The third-order valence-corrected chi connectivity index (χ3v) is 3.87. The normalized spacial score (nSPS) is 12.0. The second-order valence-corrected chi connectivity index (χ2v) is 5.67. The van der Waals surface area contributed by atoms with Gasteiger partial charge in [-0.05, 0) is 18.2 Å². The molecule has 11 heteroatoms. The number of aromatic nitrogens is 6. The number of ether oxygens (including phenoxy) is 1. The lowest BCUT2D eigenvalue weighted by atomic mass is 9.99. The highest BCUT2D eigenvalue weighted by Crippen LogP contribution is 2.33. The van der Waals surface area contributed by atoms with Crippen LogP contribution in [0.15, 0.2) is 36.7 Å². The number of pyridine rings is 1. The van der Waals surface area contributed by atoms with Gasteiger partial charge in [0.2, 0.25) is 5.82 Å². The number of hydrogen-bond acceptors (Lipinski definition) is 6. The van der Waals surface area contributed by atoms with Crippen LogP contribution in [0.25, 0.3) is 11.3 Å².